The lowest BCUT2D eigenvalue weighted by molar-refractivity contribution is 0.262. The van der Waals surface area contributed by atoms with Gasteiger partial charge < -0.3 is 15.4 Å². The van der Waals surface area contributed by atoms with Crippen molar-refractivity contribution in [2.75, 3.05) is 17.7 Å². The van der Waals surface area contributed by atoms with Crippen molar-refractivity contribution in [1.82, 2.24) is 9.55 Å². The summed E-state index contributed by atoms with van der Waals surface area (Å²) in [6.45, 7) is 8.37. The largest absolute Gasteiger partial charge is 0.497 e. The Morgan fingerprint density at radius 2 is 1.50 bits per heavy atom. The standard InChI is InChI=1S/C29H32N4O3/c1-17(2)21-9-7-10-22(18(3)4)25(21)31-29(35)32-26-24(19-12-14-20(36-6)15-13-19)23-11-8-16-30-27(23)33(5)28(26)34/h7-18H,1-6H3,(H2,31,32,35). The summed E-state index contributed by atoms with van der Waals surface area (Å²) >= 11 is 0. The second kappa shape index (κ2) is 10.2. The number of benzene rings is 2. The van der Waals surface area contributed by atoms with E-state index in [4.69, 9.17) is 4.74 Å². The van der Waals surface area contributed by atoms with E-state index in [0.29, 0.717) is 17.0 Å². The first-order valence-corrected chi connectivity index (χ1v) is 12.1. The summed E-state index contributed by atoms with van der Waals surface area (Å²) in [6, 6.07) is 16.7. The van der Waals surface area contributed by atoms with E-state index in [1.54, 1.807) is 20.4 Å². The van der Waals surface area contributed by atoms with Gasteiger partial charge in [-0.15, -0.1) is 0 Å². The first-order valence-electron chi connectivity index (χ1n) is 12.1. The molecule has 2 aromatic carbocycles. The minimum Gasteiger partial charge on any atom is -0.497 e. The third-order valence-electron chi connectivity index (χ3n) is 6.37. The van der Waals surface area contributed by atoms with Gasteiger partial charge in [0.25, 0.3) is 5.56 Å². The van der Waals surface area contributed by atoms with Crippen molar-refractivity contribution in [3.05, 3.63) is 82.3 Å². The zero-order valence-corrected chi connectivity index (χ0v) is 21.5. The van der Waals surface area contributed by atoms with Crippen LogP contribution in [0.3, 0.4) is 0 Å². The Balaban J connectivity index is 1.84. The molecule has 0 bridgehead atoms. The zero-order chi connectivity index (χ0) is 26.0. The molecule has 0 radical (unpaired) electrons. The molecule has 4 rings (SSSR count). The first-order chi connectivity index (χ1) is 17.2. The lowest BCUT2D eigenvalue weighted by Gasteiger charge is -2.21. The normalized spacial score (nSPS) is 11.2. The number of para-hydroxylation sites is 1. The molecule has 0 saturated heterocycles. The number of urea groups is 1. The molecule has 0 aliphatic rings. The molecule has 0 spiro atoms. The Morgan fingerprint density at radius 3 is 2.08 bits per heavy atom. The van der Waals surface area contributed by atoms with Crippen molar-refractivity contribution in [2.24, 2.45) is 7.05 Å². The lowest BCUT2D eigenvalue weighted by atomic mass is 9.93. The summed E-state index contributed by atoms with van der Waals surface area (Å²) in [7, 11) is 3.26. The van der Waals surface area contributed by atoms with Gasteiger partial charge in [-0.25, -0.2) is 9.78 Å². The number of amides is 2. The van der Waals surface area contributed by atoms with Gasteiger partial charge in [0.2, 0.25) is 0 Å². The molecule has 2 amide bonds. The van der Waals surface area contributed by atoms with Crippen molar-refractivity contribution in [3.63, 3.8) is 0 Å². The van der Waals surface area contributed by atoms with Crippen LogP contribution in [0.1, 0.15) is 50.7 Å². The molecule has 7 heteroatoms. The second-order valence-electron chi connectivity index (χ2n) is 9.42. The van der Waals surface area contributed by atoms with Crippen LogP contribution in [0.15, 0.2) is 65.6 Å². The fourth-order valence-electron chi connectivity index (χ4n) is 4.49. The zero-order valence-electron chi connectivity index (χ0n) is 21.5. The molecule has 0 fully saturated rings. The maximum absolute atomic E-state index is 13.5. The van der Waals surface area contributed by atoms with E-state index in [1.165, 1.54) is 4.57 Å². The van der Waals surface area contributed by atoms with Crippen LogP contribution in [0.2, 0.25) is 0 Å². The number of pyridine rings is 2. The number of anilines is 2. The smallest absolute Gasteiger partial charge is 0.323 e. The number of ether oxygens (including phenoxy) is 1. The van der Waals surface area contributed by atoms with Gasteiger partial charge in [0, 0.05) is 29.9 Å². The number of aromatic nitrogens is 2. The molecule has 2 N–H and O–H groups in total. The van der Waals surface area contributed by atoms with E-state index >= 15 is 0 Å². The number of hydrogen-bond donors (Lipinski definition) is 2. The van der Waals surface area contributed by atoms with Gasteiger partial charge >= 0.3 is 6.03 Å². The first kappa shape index (κ1) is 25.0. The Bertz CT molecular complexity index is 1440. The van der Waals surface area contributed by atoms with Crippen molar-refractivity contribution in [2.45, 2.75) is 39.5 Å². The highest BCUT2D eigenvalue weighted by Gasteiger charge is 2.21. The van der Waals surface area contributed by atoms with Gasteiger partial charge in [-0.1, -0.05) is 58.0 Å². The molecule has 186 valence electrons. The third-order valence-corrected chi connectivity index (χ3v) is 6.37. The topological polar surface area (TPSA) is 85.3 Å². The van der Waals surface area contributed by atoms with Crippen LogP contribution in [0.5, 0.6) is 5.75 Å². The summed E-state index contributed by atoms with van der Waals surface area (Å²) in [6.07, 6.45) is 1.65. The van der Waals surface area contributed by atoms with Crippen LogP contribution < -0.4 is 20.9 Å². The van der Waals surface area contributed by atoms with Crippen molar-refractivity contribution >= 4 is 28.4 Å². The summed E-state index contributed by atoms with van der Waals surface area (Å²) in [4.78, 5) is 31.3. The number of carbonyl (C=O) groups is 1. The maximum Gasteiger partial charge on any atom is 0.323 e. The van der Waals surface area contributed by atoms with Gasteiger partial charge in [-0.3, -0.25) is 9.36 Å². The van der Waals surface area contributed by atoms with E-state index < -0.39 is 6.03 Å². The molecule has 0 atom stereocenters. The van der Waals surface area contributed by atoms with Crippen LogP contribution in [0.25, 0.3) is 22.2 Å². The Kier molecular flexibility index (Phi) is 7.10. The number of fused-ring (bicyclic) bond motifs is 1. The van der Waals surface area contributed by atoms with Crippen molar-refractivity contribution < 1.29 is 9.53 Å². The van der Waals surface area contributed by atoms with Gasteiger partial charge in [-0.2, -0.15) is 0 Å². The fourth-order valence-corrected chi connectivity index (χ4v) is 4.49. The highest BCUT2D eigenvalue weighted by atomic mass is 16.5. The second-order valence-corrected chi connectivity index (χ2v) is 9.42. The van der Waals surface area contributed by atoms with Crippen molar-refractivity contribution in [1.29, 1.82) is 0 Å². The van der Waals surface area contributed by atoms with Crippen LogP contribution in [0.4, 0.5) is 16.2 Å². The van der Waals surface area contributed by atoms with Gasteiger partial charge in [0.05, 0.1) is 7.11 Å². The van der Waals surface area contributed by atoms with Gasteiger partial charge in [-0.05, 0) is 52.8 Å². The molecule has 0 aliphatic carbocycles. The summed E-state index contributed by atoms with van der Waals surface area (Å²) < 4.78 is 6.76. The predicted octanol–water partition coefficient (Wildman–Crippen LogP) is 6.50. The van der Waals surface area contributed by atoms with Gasteiger partial charge in [0.15, 0.2) is 0 Å². The predicted molar refractivity (Wildman–Crippen MR) is 146 cm³/mol. The average Bonchev–Trinajstić information content (AvgIpc) is 2.87. The van der Waals surface area contributed by atoms with Gasteiger partial charge in [0.1, 0.15) is 17.1 Å². The third kappa shape index (κ3) is 4.69. The Labute approximate surface area is 211 Å². The number of nitrogens with one attached hydrogen (secondary N) is 2. The Morgan fingerprint density at radius 1 is 0.889 bits per heavy atom. The number of aryl methyl sites for hydroxylation is 1. The van der Waals surface area contributed by atoms with E-state index in [0.717, 1.165) is 27.8 Å². The van der Waals surface area contributed by atoms with E-state index in [1.807, 2.05) is 54.6 Å². The molecule has 7 nitrogen and oxygen atoms in total. The molecular weight excluding hydrogens is 452 g/mol. The van der Waals surface area contributed by atoms with E-state index in [2.05, 4.69) is 43.3 Å². The monoisotopic (exact) mass is 484 g/mol. The molecule has 4 aromatic rings. The molecule has 2 aromatic heterocycles. The number of rotatable bonds is 6. The molecule has 36 heavy (non-hydrogen) atoms. The molecule has 0 unspecified atom stereocenters. The van der Waals surface area contributed by atoms with Crippen molar-refractivity contribution in [3.8, 4) is 16.9 Å². The van der Waals surface area contributed by atoms with E-state index in [9.17, 15) is 9.59 Å². The van der Waals surface area contributed by atoms with Crippen LogP contribution in [-0.4, -0.2) is 22.7 Å². The molecule has 0 aliphatic heterocycles. The average molecular weight is 485 g/mol. The number of hydrogen-bond acceptors (Lipinski definition) is 4. The summed E-state index contributed by atoms with van der Waals surface area (Å²) in [5.74, 6) is 1.13. The Hall–Kier alpha value is -4.13. The number of nitrogens with zero attached hydrogens (tertiary/aromatic N) is 2. The van der Waals surface area contributed by atoms with Crippen LogP contribution >= 0.6 is 0 Å². The van der Waals surface area contributed by atoms with Crippen LogP contribution in [-0.2, 0) is 7.05 Å². The molecule has 2 heterocycles. The SMILES string of the molecule is COc1ccc(-c2c(NC(=O)Nc3c(C(C)C)cccc3C(C)C)c(=O)n(C)c3ncccc23)cc1. The number of methoxy groups -OCH3 is 1. The fraction of sp³-hybridized carbons (Fsp3) is 0.276. The minimum atomic E-state index is -0.472. The highest BCUT2D eigenvalue weighted by Crippen LogP contribution is 2.35. The summed E-state index contributed by atoms with van der Waals surface area (Å²) in [5, 5.41) is 6.68. The molecular formula is C29H32N4O3. The maximum atomic E-state index is 13.5. The van der Waals surface area contributed by atoms with E-state index in [-0.39, 0.29) is 23.1 Å². The quantitative estimate of drug-likeness (QED) is 0.327. The molecule has 0 saturated carbocycles. The highest BCUT2D eigenvalue weighted by molar-refractivity contribution is 6.07. The lowest BCUT2D eigenvalue weighted by Crippen LogP contribution is -2.29. The van der Waals surface area contributed by atoms with Crippen LogP contribution in [0, 0.1) is 0 Å². The minimum absolute atomic E-state index is 0.189. The number of carbonyl (C=O) groups excluding carboxylic acids is 1. The summed E-state index contributed by atoms with van der Waals surface area (Å²) in [5.41, 5.74) is 4.63.